The van der Waals surface area contributed by atoms with Crippen LogP contribution in [0.1, 0.15) is 16.8 Å². The molecule has 1 aromatic heterocycles. The Kier molecular flexibility index (Phi) is 2.77. The van der Waals surface area contributed by atoms with Gasteiger partial charge < -0.3 is 10.3 Å². The molecule has 0 aliphatic carbocycles. The van der Waals surface area contributed by atoms with Crippen molar-refractivity contribution in [3.05, 3.63) is 59.3 Å². The first-order valence-corrected chi connectivity index (χ1v) is 7.20. The number of hydrogen-bond donors (Lipinski definition) is 2. The quantitative estimate of drug-likeness (QED) is 0.714. The predicted molar refractivity (Wildman–Crippen MR) is 83.9 cm³/mol. The Labute approximate surface area is 123 Å². The highest BCUT2D eigenvalue weighted by Gasteiger charge is 2.15. The molecule has 3 heteroatoms. The molecule has 0 saturated heterocycles. The Morgan fingerprint density at radius 1 is 1.00 bits per heavy atom. The molecule has 2 aromatic carbocycles. The SMILES string of the molecule is N#Cc1ccc(-c2ccc3[nH]c4c(c3c2)CNCC4)cc1. The fourth-order valence-electron chi connectivity index (χ4n) is 3.06. The smallest absolute Gasteiger partial charge is 0.0991 e. The van der Waals surface area contributed by atoms with Gasteiger partial charge in [0, 0.05) is 36.1 Å². The molecule has 0 spiro atoms. The molecule has 21 heavy (non-hydrogen) atoms. The van der Waals surface area contributed by atoms with Crippen LogP contribution in [0.2, 0.25) is 0 Å². The van der Waals surface area contributed by atoms with Gasteiger partial charge in [0.05, 0.1) is 11.6 Å². The summed E-state index contributed by atoms with van der Waals surface area (Å²) in [5.74, 6) is 0. The molecule has 102 valence electrons. The van der Waals surface area contributed by atoms with Crippen LogP contribution < -0.4 is 5.32 Å². The normalized spacial score (nSPS) is 13.9. The number of benzene rings is 2. The highest BCUT2D eigenvalue weighted by Crippen LogP contribution is 2.29. The first-order chi connectivity index (χ1) is 10.3. The largest absolute Gasteiger partial charge is 0.358 e. The third kappa shape index (κ3) is 2.01. The van der Waals surface area contributed by atoms with Crippen LogP contribution in [0, 0.1) is 11.3 Å². The van der Waals surface area contributed by atoms with Crippen molar-refractivity contribution in [2.75, 3.05) is 6.54 Å². The molecule has 0 bridgehead atoms. The van der Waals surface area contributed by atoms with E-state index in [0.29, 0.717) is 5.56 Å². The van der Waals surface area contributed by atoms with Crippen LogP contribution in [0.15, 0.2) is 42.5 Å². The summed E-state index contributed by atoms with van der Waals surface area (Å²) in [4.78, 5) is 3.53. The van der Waals surface area contributed by atoms with E-state index in [4.69, 9.17) is 5.26 Å². The second-order valence-corrected chi connectivity index (χ2v) is 5.46. The Balaban J connectivity index is 1.84. The van der Waals surface area contributed by atoms with Crippen LogP contribution in [-0.4, -0.2) is 11.5 Å². The minimum atomic E-state index is 0.697. The van der Waals surface area contributed by atoms with E-state index in [1.54, 1.807) is 0 Å². The first kappa shape index (κ1) is 12.2. The lowest BCUT2D eigenvalue weighted by Gasteiger charge is -2.12. The lowest BCUT2D eigenvalue weighted by Crippen LogP contribution is -2.22. The van der Waals surface area contributed by atoms with Gasteiger partial charge in [-0.3, -0.25) is 0 Å². The molecule has 0 atom stereocenters. The summed E-state index contributed by atoms with van der Waals surface area (Å²) in [6.07, 6.45) is 1.07. The molecular weight excluding hydrogens is 258 g/mol. The Morgan fingerprint density at radius 3 is 2.62 bits per heavy atom. The van der Waals surface area contributed by atoms with Crippen molar-refractivity contribution >= 4 is 10.9 Å². The summed E-state index contributed by atoms with van der Waals surface area (Å²) in [5.41, 5.74) is 7.01. The molecule has 3 nitrogen and oxygen atoms in total. The Hall–Kier alpha value is -2.57. The van der Waals surface area contributed by atoms with Gasteiger partial charge in [0.2, 0.25) is 0 Å². The number of H-pyrrole nitrogens is 1. The summed E-state index contributed by atoms with van der Waals surface area (Å²) in [6, 6.07) is 16.5. The molecule has 1 aliphatic rings. The zero-order chi connectivity index (χ0) is 14.2. The summed E-state index contributed by atoms with van der Waals surface area (Å²) in [5, 5.41) is 13.6. The third-order valence-corrected chi connectivity index (χ3v) is 4.20. The minimum Gasteiger partial charge on any atom is -0.358 e. The Bertz CT molecular complexity index is 851. The second kappa shape index (κ2) is 4.76. The van der Waals surface area contributed by atoms with Crippen molar-refractivity contribution in [2.45, 2.75) is 13.0 Å². The monoisotopic (exact) mass is 273 g/mol. The number of nitriles is 1. The van der Waals surface area contributed by atoms with Crippen molar-refractivity contribution in [1.29, 1.82) is 5.26 Å². The average molecular weight is 273 g/mol. The van der Waals surface area contributed by atoms with Crippen molar-refractivity contribution in [3.63, 3.8) is 0 Å². The highest BCUT2D eigenvalue weighted by atomic mass is 14.9. The van der Waals surface area contributed by atoms with E-state index < -0.39 is 0 Å². The fourth-order valence-corrected chi connectivity index (χ4v) is 3.06. The third-order valence-electron chi connectivity index (χ3n) is 4.20. The van der Waals surface area contributed by atoms with Gasteiger partial charge in [0.25, 0.3) is 0 Å². The molecule has 0 amide bonds. The van der Waals surface area contributed by atoms with Crippen LogP contribution in [-0.2, 0) is 13.0 Å². The molecule has 0 unspecified atom stereocenters. The van der Waals surface area contributed by atoms with Crippen LogP contribution in [0.4, 0.5) is 0 Å². The molecule has 2 N–H and O–H groups in total. The van der Waals surface area contributed by atoms with Gasteiger partial charge in [-0.15, -0.1) is 0 Å². The van der Waals surface area contributed by atoms with Gasteiger partial charge in [-0.25, -0.2) is 0 Å². The van der Waals surface area contributed by atoms with Gasteiger partial charge in [0.1, 0.15) is 0 Å². The highest BCUT2D eigenvalue weighted by molar-refractivity contribution is 5.89. The average Bonchev–Trinajstić information content (AvgIpc) is 2.93. The standard InChI is InChI=1S/C18H15N3/c19-10-12-1-3-13(4-2-12)14-5-6-17-15(9-14)16-11-20-8-7-18(16)21-17/h1-6,9,20-21H,7-8,11H2. The zero-order valence-corrected chi connectivity index (χ0v) is 11.6. The van der Waals surface area contributed by atoms with E-state index in [0.717, 1.165) is 25.1 Å². The van der Waals surface area contributed by atoms with E-state index in [9.17, 15) is 0 Å². The van der Waals surface area contributed by atoms with Crippen LogP contribution in [0.3, 0.4) is 0 Å². The lowest BCUT2D eigenvalue weighted by atomic mass is 10.00. The summed E-state index contributed by atoms with van der Waals surface area (Å²) >= 11 is 0. The Morgan fingerprint density at radius 2 is 1.81 bits per heavy atom. The molecular formula is C18H15N3. The maximum atomic E-state index is 8.88. The number of aromatic nitrogens is 1. The van der Waals surface area contributed by atoms with Gasteiger partial charge >= 0.3 is 0 Å². The van der Waals surface area contributed by atoms with E-state index in [-0.39, 0.29) is 0 Å². The summed E-state index contributed by atoms with van der Waals surface area (Å²) in [6.45, 7) is 1.98. The number of aromatic amines is 1. The molecule has 4 rings (SSSR count). The van der Waals surface area contributed by atoms with Crippen molar-refractivity contribution in [2.24, 2.45) is 0 Å². The van der Waals surface area contributed by atoms with Crippen molar-refractivity contribution in [3.8, 4) is 17.2 Å². The number of hydrogen-bond acceptors (Lipinski definition) is 2. The van der Waals surface area contributed by atoms with E-state index in [1.807, 2.05) is 24.3 Å². The van der Waals surface area contributed by atoms with Gasteiger partial charge in [-0.05, 0) is 41.0 Å². The van der Waals surface area contributed by atoms with Crippen LogP contribution >= 0.6 is 0 Å². The molecule has 0 fully saturated rings. The molecule has 1 aliphatic heterocycles. The van der Waals surface area contributed by atoms with E-state index >= 15 is 0 Å². The molecule has 0 radical (unpaired) electrons. The summed E-state index contributed by atoms with van der Waals surface area (Å²) in [7, 11) is 0. The maximum Gasteiger partial charge on any atom is 0.0991 e. The topological polar surface area (TPSA) is 51.6 Å². The zero-order valence-electron chi connectivity index (χ0n) is 11.6. The van der Waals surface area contributed by atoms with Crippen molar-refractivity contribution in [1.82, 2.24) is 10.3 Å². The first-order valence-electron chi connectivity index (χ1n) is 7.20. The molecule has 0 saturated carbocycles. The van der Waals surface area contributed by atoms with Gasteiger partial charge in [0.15, 0.2) is 0 Å². The minimum absolute atomic E-state index is 0.697. The second-order valence-electron chi connectivity index (χ2n) is 5.46. The maximum absolute atomic E-state index is 8.88. The predicted octanol–water partition coefficient (Wildman–Crippen LogP) is 3.35. The molecule has 3 aromatic rings. The number of rotatable bonds is 1. The number of nitrogens with zero attached hydrogens (tertiary/aromatic N) is 1. The van der Waals surface area contributed by atoms with Crippen LogP contribution in [0.25, 0.3) is 22.0 Å². The van der Waals surface area contributed by atoms with Crippen LogP contribution in [0.5, 0.6) is 0 Å². The van der Waals surface area contributed by atoms with E-state index in [1.165, 1.54) is 27.7 Å². The van der Waals surface area contributed by atoms with E-state index in [2.05, 4.69) is 34.6 Å². The number of fused-ring (bicyclic) bond motifs is 3. The lowest BCUT2D eigenvalue weighted by molar-refractivity contribution is 0.641. The van der Waals surface area contributed by atoms with Crippen molar-refractivity contribution < 1.29 is 0 Å². The fraction of sp³-hybridized carbons (Fsp3) is 0.167. The van der Waals surface area contributed by atoms with Gasteiger partial charge in [-0.1, -0.05) is 18.2 Å². The van der Waals surface area contributed by atoms with Gasteiger partial charge in [-0.2, -0.15) is 5.26 Å². The summed E-state index contributed by atoms with van der Waals surface area (Å²) < 4.78 is 0. The molecule has 2 heterocycles. The number of nitrogens with one attached hydrogen (secondary N) is 2.